The van der Waals surface area contributed by atoms with Crippen LogP contribution in [0.15, 0.2) is 65.8 Å². The molecule has 6 nitrogen and oxygen atoms in total. The third kappa shape index (κ3) is 4.04. The Morgan fingerprint density at radius 1 is 1.15 bits per heavy atom. The zero-order chi connectivity index (χ0) is 18.5. The third-order valence-corrected chi connectivity index (χ3v) is 4.12. The minimum Gasteiger partial charge on any atom is -0.273 e. The summed E-state index contributed by atoms with van der Waals surface area (Å²) in [6.45, 7) is 0. The van der Waals surface area contributed by atoms with E-state index in [1.54, 1.807) is 6.07 Å². The van der Waals surface area contributed by atoms with E-state index in [-0.39, 0.29) is 23.0 Å². The summed E-state index contributed by atoms with van der Waals surface area (Å²) in [5.74, 6) is -0.277. The van der Waals surface area contributed by atoms with E-state index in [0.717, 1.165) is 16.3 Å². The zero-order valence-electron chi connectivity index (χ0n) is 13.6. The molecule has 1 amide bonds. The van der Waals surface area contributed by atoms with E-state index in [1.165, 1.54) is 18.3 Å². The van der Waals surface area contributed by atoms with Gasteiger partial charge in [-0.15, -0.1) is 0 Å². The van der Waals surface area contributed by atoms with Gasteiger partial charge in [0.25, 0.3) is 5.69 Å². The molecule has 1 N–H and O–H groups in total. The lowest BCUT2D eigenvalue weighted by molar-refractivity contribution is -0.384. The highest BCUT2D eigenvalue weighted by Crippen LogP contribution is 2.24. The fourth-order valence-electron chi connectivity index (χ4n) is 2.59. The topological polar surface area (TPSA) is 84.6 Å². The van der Waals surface area contributed by atoms with Gasteiger partial charge in [-0.25, -0.2) is 5.43 Å². The minimum atomic E-state index is -0.571. The number of nitro groups is 1. The minimum absolute atomic E-state index is 0.0483. The second-order valence-corrected chi connectivity index (χ2v) is 5.98. The molecule has 0 fully saturated rings. The summed E-state index contributed by atoms with van der Waals surface area (Å²) in [6.07, 6.45) is 1.52. The lowest BCUT2D eigenvalue weighted by Gasteiger charge is -2.05. The van der Waals surface area contributed by atoms with E-state index in [0.29, 0.717) is 5.56 Å². The summed E-state index contributed by atoms with van der Waals surface area (Å²) < 4.78 is 0. The van der Waals surface area contributed by atoms with Crippen LogP contribution in [-0.4, -0.2) is 17.0 Å². The summed E-state index contributed by atoms with van der Waals surface area (Å²) in [6, 6.07) is 17.9. The van der Waals surface area contributed by atoms with Crippen LogP contribution in [0.5, 0.6) is 0 Å². The Labute approximate surface area is 154 Å². The predicted molar refractivity (Wildman–Crippen MR) is 101 cm³/mol. The van der Waals surface area contributed by atoms with Gasteiger partial charge >= 0.3 is 0 Å². The van der Waals surface area contributed by atoms with Crippen LogP contribution >= 0.6 is 11.6 Å². The molecule has 0 aliphatic carbocycles. The molecule has 0 aliphatic heterocycles. The molecule has 130 valence electrons. The van der Waals surface area contributed by atoms with E-state index in [2.05, 4.69) is 10.5 Å². The molecule has 26 heavy (non-hydrogen) atoms. The molecule has 0 heterocycles. The second kappa shape index (κ2) is 7.76. The zero-order valence-corrected chi connectivity index (χ0v) is 14.3. The van der Waals surface area contributed by atoms with Crippen molar-refractivity contribution in [3.8, 4) is 0 Å². The molecule has 0 unspecified atom stereocenters. The number of nitrogens with one attached hydrogen (secondary N) is 1. The van der Waals surface area contributed by atoms with Gasteiger partial charge in [0.1, 0.15) is 5.02 Å². The van der Waals surface area contributed by atoms with Gasteiger partial charge in [0, 0.05) is 11.6 Å². The Kier molecular flexibility index (Phi) is 5.24. The molecule has 0 aromatic heterocycles. The molecule has 7 heteroatoms. The molecular formula is C19H14ClN3O3. The number of hydrogen-bond donors (Lipinski definition) is 1. The molecule has 0 saturated carbocycles. The number of fused-ring (bicyclic) bond motifs is 1. The second-order valence-electron chi connectivity index (χ2n) is 5.58. The van der Waals surface area contributed by atoms with Crippen molar-refractivity contribution in [2.45, 2.75) is 6.42 Å². The Balaban J connectivity index is 1.68. The summed E-state index contributed by atoms with van der Waals surface area (Å²) >= 11 is 5.76. The van der Waals surface area contributed by atoms with Gasteiger partial charge in [-0.2, -0.15) is 5.10 Å². The maximum absolute atomic E-state index is 12.1. The molecule has 0 spiro atoms. The number of nitrogens with zero attached hydrogens (tertiary/aromatic N) is 2. The number of carbonyl (C=O) groups excluding carboxylic acids is 1. The van der Waals surface area contributed by atoms with Crippen LogP contribution in [0.4, 0.5) is 5.69 Å². The first-order valence-electron chi connectivity index (χ1n) is 7.77. The van der Waals surface area contributed by atoms with Crippen LogP contribution in [-0.2, 0) is 11.2 Å². The molecule has 3 aromatic carbocycles. The van der Waals surface area contributed by atoms with Crippen molar-refractivity contribution in [1.82, 2.24) is 5.43 Å². The van der Waals surface area contributed by atoms with E-state index in [9.17, 15) is 14.9 Å². The number of nitro benzene ring substituents is 1. The lowest BCUT2D eigenvalue weighted by Crippen LogP contribution is -2.19. The Morgan fingerprint density at radius 3 is 2.73 bits per heavy atom. The van der Waals surface area contributed by atoms with Crippen LogP contribution in [0.2, 0.25) is 5.02 Å². The van der Waals surface area contributed by atoms with Crippen molar-refractivity contribution in [2.24, 2.45) is 5.10 Å². The SMILES string of the molecule is O=C(Cc1cccc2ccccc12)N/N=C/c1ccc(Cl)c([N+](=O)[O-])c1. The fraction of sp³-hybridized carbons (Fsp3) is 0.0526. The van der Waals surface area contributed by atoms with Crippen LogP contribution < -0.4 is 5.43 Å². The first kappa shape index (κ1) is 17.6. The third-order valence-electron chi connectivity index (χ3n) is 3.80. The van der Waals surface area contributed by atoms with Gasteiger partial charge in [0.2, 0.25) is 5.91 Å². The number of benzene rings is 3. The van der Waals surface area contributed by atoms with Crippen LogP contribution in [0.3, 0.4) is 0 Å². The molecule has 3 aromatic rings. The number of halogens is 1. The van der Waals surface area contributed by atoms with E-state index in [1.807, 2.05) is 42.5 Å². The Bertz CT molecular complexity index is 1010. The van der Waals surface area contributed by atoms with Crippen molar-refractivity contribution in [3.63, 3.8) is 0 Å². The number of carbonyl (C=O) groups is 1. The maximum atomic E-state index is 12.1. The molecule has 0 saturated heterocycles. The standard InChI is InChI=1S/C19H14ClN3O3/c20-17-9-8-13(10-18(17)23(25)26)12-21-22-19(24)11-15-6-3-5-14-4-1-2-7-16(14)15/h1-10,12H,11H2,(H,22,24)/b21-12+. The van der Waals surface area contributed by atoms with E-state index in [4.69, 9.17) is 11.6 Å². The average Bonchev–Trinajstić information content (AvgIpc) is 2.63. The molecule has 0 radical (unpaired) electrons. The fourth-order valence-corrected chi connectivity index (χ4v) is 2.77. The highest BCUT2D eigenvalue weighted by molar-refractivity contribution is 6.32. The maximum Gasteiger partial charge on any atom is 0.288 e. The van der Waals surface area contributed by atoms with Crippen molar-refractivity contribution in [3.05, 3.63) is 86.9 Å². The summed E-state index contributed by atoms with van der Waals surface area (Å²) in [5, 5.41) is 16.9. The van der Waals surface area contributed by atoms with Crippen LogP contribution in [0.25, 0.3) is 10.8 Å². The first-order chi connectivity index (χ1) is 12.5. The smallest absolute Gasteiger partial charge is 0.273 e. The van der Waals surface area contributed by atoms with Crippen molar-refractivity contribution in [1.29, 1.82) is 0 Å². The van der Waals surface area contributed by atoms with E-state index < -0.39 is 4.92 Å². The van der Waals surface area contributed by atoms with Gasteiger partial charge < -0.3 is 0 Å². The van der Waals surface area contributed by atoms with Crippen LogP contribution in [0.1, 0.15) is 11.1 Å². The van der Waals surface area contributed by atoms with Crippen LogP contribution in [0, 0.1) is 10.1 Å². The predicted octanol–water partition coefficient (Wildman–Crippen LogP) is 4.09. The number of amides is 1. The number of rotatable bonds is 5. The van der Waals surface area contributed by atoms with Gasteiger partial charge in [-0.3, -0.25) is 14.9 Å². The normalized spacial score (nSPS) is 11.0. The summed E-state index contributed by atoms with van der Waals surface area (Å²) in [4.78, 5) is 22.4. The van der Waals surface area contributed by atoms with Crippen molar-refractivity contribution >= 4 is 40.2 Å². The quantitative estimate of drug-likeness (QED) is 0.418. The number of hydrogen-bond acceptors (Lipinski definition) is 4. The van der Waals surface area contributed by atoms with Gasteiger partial charge in [0.05, 0.1) is 17.6 Å². The van der Waals surface area contributed by atoms with Gasteiger partial charge in [-0.05, 0) is 22.4 Å². The van der Waals surface area contributed by atoms with Crippen molar-refractivity contribution < 1.29 is 9.72 Å². The van der Waals surface area contributed by atoms with Crippen molar-refractivity contribution in [2.75, 3.05) is 0 Å². The molecule has 0 atom stereocenters. The highest BCUT2D eigenvalue weighted by Gasteiger charge is 2.12. The summed E-state index contributed by atoms with van der Waals surface area (Å²) in [5.41, 5.74) is 3.59. The Morgan fingerprint density at radius 2 is 1.92 bits per heavy atom. The number of hydrazone groups is 1. The van der Waals surface area contributed by atoms with Gasteiger partial charge in [-0.1, -0.05) is 60.1 Å². The highest BCUT2D eigenvalue weighted by atomic mass is 35.5. The van der Waals surface area contributed by atoms with E-state index >= 15 is 0 Å². The monoisotopic (exact) mass is 367 g/mol. The Hall–Kier alpha value is -3.25. The molecule has 0 aliphatic rings. The summed E-state index contributed by atoms with van der Waals surface area (Å²) in [7, 11) is 0. The average molecular weight is 368 g/mol. The lowest BCUT2D eigenvalue weighted by atomic mass is 10.0. The molecule has 3 rings (SSSR count). The molecule has 0 bridgehead atoms. The first-order valence-corrected chi connectivity index (χ1v) is 8.15. The van der Waals surface area contributed by atoms with Gasteiger partial charge in [0.15, 0.2) is 0 Å². The molecular weight excluding hydrogens is 354 g/mol. The largest absolute Gasteiger partial charge is 0.288 e.